The van der Waals surface area contributed by atoms with E-state index in [9.17, 15) is 14.3 Å². The molecule has 0 amide bonds. The van der Waals surface area contributed by atoms with E-state index in [0.717, 1.165) is 22.2 Å². The lowest BCUT2D eigenvalue weighted by molar-refractivity contribution is 0.0697. The molecule has 5 rings (SSSR count). The van der Waals surface area contributed by atoms with Gasteiger partial charge in [0.1, 0.15) is 0 Å². The number of halogens is 1. The Kier molecular flexibility index (Phi) is 4.25. The number of carboxylic acid groups (broad SMARTS) is 1. The minimum Gasteiger partial charge on any atom is -0.478 e. The lowest BCUT2D eigenvalue weighted by Gasteiger charge is -2.08. The van der Waals surface area contributed by atoms with Crippen molar-refractivity contribution in [3.8, 4) is 11.1 Å². The Bertz CT molecular complexity index is 1420. The Hall–Kier alpha value is -4.06. The molecule has 3 heterocycles. The van der Waals surface area contributed by atoms with Crippen molar-refractivity contribution in [2.45, 2.75) is 6.42 Å². The van der Waals surface area contributed by atoms with Crippen LogP contribution >= 0.6 is 0 Å². The number of carboxylic acids is 1. The van der Waals surface area contributed by atoms with Gasteiger partial charge in [0, 0.05) is 41.7 Å². The summed E-state index contributed by atoms with van der Waals surface area (Å²) >= 11 is 0. The molecule has 6 heteroatoms. The van der Waals surface area contributed by atoms with Gasteiger partial charge >= 0.3 is 5.97 Å². The second-order valence-corrected chi connectivity index (χ2v) is 7.11. The first-order valence-corrected chi connectivity index (χ1v) is 9.41. The van der Waals surface area contributed by atoms with Gasteiger partial charge in [0.25, 0.3) is 0 Å². The van der Waals surface area contributed by atoms with Crippen molar-refractivity contribution in [3.05, 3.63) is 102 Å². The van der Waals surface area contributed by atoms with Crippen molar-refractivity contribution in [1.29, 1.82) is 0 Å². The molecule has 3 aromatic heterocycles. The van der Waals surface area contributed by atoms with Crippen molar-refractivity contribution >= 4 is 22.5 Å². The second-order valence-electron chi connectivity index (χ2n) is 7.11. The third-order valence-electron chi connectivity index (χ3n) is 5.13. The molecule has 0 spiro atoms. The fourth-order valence-corrected chi connectivity index (χ4v) is 3.66. The van der Waals surface area contributed by atoms with E-state index in [1.807, 2.05) is 24.3 Å². The van der Waals surface area contributed by atoms with Crippen LogP contribution in [0.4, 0.5) is 4.39 Å². The van der Waals surface area contributed by atoms with Crippen molar-refractivity contribution in [1.82, 2.24) is 14.4 Å². The van der Waals surface area contributed by atoms with Crippen LogP contribution in [0.3, 0.4) is 0 Å². The molecule has 5 aromatic rings. The zero-order valence-corrected chi connectivity index (χ0v) is 15.8. The average molecular weight is 397 g/mol. The fraction of sp³-hybridized carbons (Fsp3) is 0.0417. The maximum atomic E-state index is 14.7. The highest BCUT2D eigenvalue weighted by Gasteiger charge is 2.13. The molecule has 0 aliphatic heterocycles. The molecule has 0 fully saturated rings. The molecule has 0 saturated carbocycles. The van der Waals surface area contributed by atoms with Gasteiger partial charge in [-0.25, -0.2) is 14.2 Å². The number of hydrogen-bond donors (Lipinski definition) is 1. The predicted molar refractivity (Wildman–Crippen MR) is 112 cm³/mol. The van der Waals surface area contributed by atoms with E-state index in [-0.39, 0.29) is 11.2 Å². The number of fused-ring (bicyclic) bond motifs is 2. The summed E-state index contributed by atoms with van der Waals surface area (Å²) in [6.45, 7) is 0. The highest BCUT2D eigenvalue weighted by atomic mass is 19.1. The molecule has 0 atom stereocenters. The Balaban J connectivity index is 1.58. The first-order chi connectivity index (χ1) is 14.6. The number of imidazole rings is 1. The summed E-state index contributed by atoms with van der Waals surface area (Å²) in [5.41, 5.74) is 4.44. The van der Waals surface area contributed by atoms with Crippen LogP contribution in [0.25, 0.3) is 27.7 Å². The first kappa shape index (κ1) is 18.0. The topological polar surface area (TPSA) is 67.5 Å². The van der Waals surface area contributed by atoms with Gasteiger partial charge in [-0.15, -0.1) is 0 Å². The lowest BCUT2D eigenvalue weighted by Crippen LogP contribution is -1.99. The summed E-state index contributed by atoms with van der Waals surface area (Å²) in [4.78, 5) is 19.9. The van der Waals surface area contributed by atoms with Crippen LogP contribution in [0.5, 0.6) is 0 Å². The molecule has 2 aromatic carbocycles. The maximum absolute atomic E-state index is 14.7. The van der Waals surface area contributed by atoms with E-state index in [2.05, 4.69) is 16.0 Å². The predicted octanol–water partition coefficient (Wildman–Crippen LogP) is 4.98. The van der Waals surface area contributed by atoms with E-state index in [4.69, 9.17) is 0 Å². The average Bonchev–Trinajstić information content (AvgIpc) is 3.17. The largest absolute Gasteiger partial charge is 0.478 e. The van der Waals surface area contributed by atoms with Gasteiger partial charge in [0.15, 0.2) is 11.5 Å². The Morgan fingerprint density at radius 1 is 1.00 bits per heavy atom. The minimum absolute atomic E-state index is 0.156. The lowest BCUT2D eigenvalue weighted by atomic mass is 10.0. The van der Waals surface area contributed by atoms with Crippen LogP contribution in [-0.4, -0.2) is 25.4 Å². The van der Waals surface area contributed by atoms with Crippen LogP contribution in [0.1, 0.15) is 21.6 Å². The van der Waals surface area contributed by atoms with Crippen molar-refractivity contribution in [3.63, 3.8) is 0 Å². The zero-order valence-electron chi connectivity index (χ0n) is 15.8. The van der Waals surface area contributed by atoms with Crippen molar-refractivity contribution in [2.75, 3.05) is 0 Å². The Morgan fingerprint density at radius 2 is 1.90 bits per heavy atom. The molecular formula is C24H16FN3O2. The molecule has 1 N–H and O–H groups in total. The molecule has 30 heavy (non-hydrogen) atoms. The number of aromatic nitrogens is 3. The standard InChI is InChI=1S/C24H16FN3O2/c25-21-12-19(16-3-1-4-18(11-16)24(29)30)14-28-20(13-27-23(21)28)10-15-6-7-22-17(9-15)5-2-8-26-22/h1-9,11-14H,10H2,(H,29,30). The van der Waals surface area contributed by atoms with E-state index in [1.165, 1.54) is 18.2 Å². The quantitative estimate of drug-likeness (QED) is 0.465. The number of aromatic carboxylic acids is 1. The van der Waals surface area contributed by atoms with Crippen LogP contribution in [0.2, 0.25) is 0 Å². The van der Waals surface area contributed by atoms with Gasteiger partial charge < -0.3 is 9.51 Å². The molecule has 0 radical (unpaired) electrons. The van der Waals surface area contributed by atoms with Gasteiger partial charge in [0.2, 0.25) is 0 Å². The number of hydrogen-bond acceptors (Lipinski definition) is 3. The summed E-state index contributed by atoms with van der Waals surface area (Å²) in [5.74, 6) is -1.48. The maximum Gasteiger partial charge on any atom is 0.335 e. The summed E-state index contributed by atoms with van der Waals surface area (Å²) in [6.07, 6.45) is 5.80. The molecule has 0 bridgehead atoms. The second kappa shape index (κ2) is 7.08. The summed E-state index contributed by atoms with van der Waals surface area (Å²) < 4.78 is 16.5. The van der Waals surface area contributed by atoms with Crippen LogP contribution < -0.4 is 0 Å². The summed E-state index contributed by atoms with van der Waals surface area (Å²) in [5, 5.41) is 10.3. The molecule has 0 saturated heterocycles. The Labute approximate surface area is 171 Å². The highest BCUT2D eigenvalue weighted by Crippen LogP contribution is 2.25. The van der Waals surface area contributed by atoms with E-state index >= 15 is 0 Å². The molecular weight excluding hydrogens is 381 g/mol. The first-order valence-electron chi connectivity index (χ1n) is 9.41. The number of nitrogens with zero attached hydrogens (tertiary/aromatic N) is 3. The Morgan fingerprint density at radius 3 is 2.77 bits per heavy atom. The zero-order chi connectivity index (χ0) is 20.7. The normalized spacial score (nSPS) is 11.2. The van der Waals surface area contributed by atoms with Crippen LogP contribution in [0, 0.1) is 5.82 Å². The van der Waals surface area contributed by atoms with E-state index in [1.54, 1.807) is 35.1 Å². The fourth-order valence-electron chi connectivity index (χ4n) is 3.66. The molecule has 146 valence electrons. The third-order valence-corrected chi connectivity index (χ3v) is 5.13. The highest BCUT2D eigenvalue weighted by molar-refractivity contribution is 5.89. The number of pyridine rings is 2. The van der Waals surface area contributed by atoms with Gasteiger partial charge in [-0.05, 0) is 47.5 Å². The molecule has 0 aliphatic rings. The number of rotatable bonds is 4. The SMILES string of the molecule is O=C(O)c1cccc(-c2cc(F)c3ncc(Cc4ccc5ncccc5c4)n3c2)c1. The van der Waals surface area contributed by atoms with Crippen LogP contribution in [-0.2, 0) is 6.42 Å². The summed E-state index contributed by atoms with van der Waals surface area (Å²) in [6, 6.07) is 17.8. The van der Waals surface area contributed by atoms with Gasteiger partial charge in [-0.2, -0.15) is 0 Å². The van der Waals surface area contributed by atoms with E-state index < -0.39 is 11.8 Å². The minimum atomic E-state index is -1.02. The third kappa shape index (κ3) is 3.18. The van der Waals surface area contributed by atoms with Crippen molar-refractivity contribution in [2.24, 2.45) is 0 Å². The van der Waals surface area contributed by atoms with E-state index in [0.29, 0.717) is 17.5 Å². The molecule has 0 aliphatic carbocycles. The number of carbonyl (C=O) groups is 1. The van der Waals surface area contributed by atoms with Crippen molar-refractivity contribution < 1.29 is 14.3 Å². The van der Waals surface area contributed by atoms with Gasteiger partial charge in [-0.3, -0.25) is 4.98 Å². The number of benzene rings is 2. The van der Waals surface area contributed by atoms with Crippen LogP contribution in [0.15, 0.2) is 79.3 Å². The monoisotopic (exact) mass is 397 g/mol. The molecule has 5 nitrogen and oxygen atoms in total. The summed E-state index contributed by atoms with van der Waals surface area (Å²) in [7, 11) is 0. The van der Waals surface area contributed by atoms with Gasteiger partial charge in [0.05, 0.1) is 11.1 Å². The smallest absolute Gasteiger partial charge is 0.335 e. The molecule has 0 unspecified atom stereocenters. The van der Waals surface area contributed by atoms with Gasteiger partial charge in [-0.1, -0.05) is 24.3 Å².